The number of fused-ring (bicyclic) bond motifs is 1. The fraction of sp³-hybridized carbons (Fsp3) is 0.333. The predicted octanol–water partition coefficient (Wildman–Crippen LogP) is 2.76. The Balaban J connectivity index is 2.18. The Bertz CT molecular complexity index is 668. The van der Waals surface area contributed by atoms with Crippen LogP contribution >= 0.6 is 0 Å². The van der Waals surface area contributed by atoms with E-state index >= 15 is 0 Å². The highest BCUT2D eigenvalue weighted by molar-refractivity contribution is 5.85. The Morgan fingerprint density at radius 2 is 2.43 bits per heavy atom. The monoisotopic (exact) mass is 289 g/mol. The first-order chi connectivity index (χ1) is 10.3. The van der Waals surface area contributed by atoms with Crippen molar-refractivity contribution in [2.75, 3.05) is 7.11 Å². The van der Waals surface area contributed by atoms with Crippen LogP contribution in [0.3, 0.4) is 0 Å². The zero-order valence-electron chi connectivity index (χ0n) is 11.7. The molecule has 1 N–H and O–H groups in total. The molecule has 2 aromatic rings. The third-order valence-electron chi connectivity index (χ3n) is 3.91. The van der Waals surface area contributed by atoms with Crippen molar-refractivity contribution >= 4 is 6.21 Å². The van der Waals surface area contributed by atoms with E-state index in [0.717, 1.165) is 36.6 Å². The second kappa shape index (κ2) is 5.55. The number of rotatable bonds is 3. The number of methoxy groups -OCH3 is 1. The summed E-state index contributed by atoms with van der Waals surface area (Å²) in [5.41, 5.74) is 2.02. The first-order valence-electron chi connectivity index (χ1n) is 6.82. The highest BCUT2D eigenvalue weighted by Crippen LogP contribution is 2.39. The number of hydrogen-bond acceptors (Lipinski definition) is 4. The fourth-order valence-electron chi connectivity index (χ4n) is 3.04. The van der Waals surface area contributed by atoms with Gasteiger partial charge in [-0.3, -0.25) is 4.68 Å². The molecule has 0 fully saturated rings. The van der Waals surface area contributed by atoms with Crippen LogP contribution in [0.4, 0.5) is 4.39 Å². The Labute approximate surface area is 121 Å². The molecule has 110 valence electrons. The lowest BCUT2D eigenvalue weighted by molar-refractivity contribution is 0.321. The third kappa shape index (κ3) is 2.26. The number of halogens is 1. The Morgan fingerprint density at radius 3 is 3.10 bits per heavy atom. The highest BCUT2D eigenvalue weighted by Gasteiger charge is 2.28. The van der Waals surface area contributed by atoms with Crippen molar-refractivity contribution < 1.29 is 14.3 Å². The summed E-state index contributed by atoms with van der Waals surface area (Å²) in [7, 11) is 1.50. The number of ether oxygens (including phenoxy) is 1. The van der Waals surface area contributed by atoms with E-state index < -0.39 is 5.82 Å². The van der Waals surface area contributed by atoms with Crippen molar-refractivity contribution in [2.45, 2.75) is 25.3 Å². The van der Waals surface area contributed by atoms with E-state index in [9.17, 15) is 4.39 Å². The average Bonchev–Trinajstić information content (AvgIpc) is 3.02. The van der Waals surface area contributed by atoms with Crippen molar-refractivity contribution in [2.24, 2.45) is 5.16 Å². The van der Waals surface area contributed by atoms with Gasteiger partial charge in [0.15, 0.2) is 0 Å². The van der Waals surface area contributed by atoms with Crippen LogP contribution in [0.25, 0.3) is 0 Å². The van der Waals surface area contributed by atoms with Crippen LogP contribution in [-0.2, 0) is 6.42 Å². The lowest BCUT2D eigenvalue weighted by atomic mass is 9.85. The molecule has 0 saturated heterocycles. The average molecular weight is 289 g/mol. The van der Waals surface area contributed by atoms with Crippen LogP contribution in [-0.4, -0.2) is 28.3 Å². The van der Waals surface area contributed by atoms with Crippen molar-refractivity contribution in [3.8, 4) is 5.75 Å². The summed E-state index contributed by atoms with van der Waals surface area (Å²) in [5.74, 6) is -0.0119. The molecule has 0 bridgehead atoms. The second-order valence-electron chi connectivity index (χ2n) is 5.01. The molecule has 1 aliphatic carbocycles. The number of hydrogen-bond donors (Lipinski definition) is 1. The van der Waals surface area contributed by atoms with E-state index in [0.29, 0.717) is 5.75 Å². The maximum absolute atomic E-state index is 14.3. The van der Waals surface area contributed by atoms with Gasteiger partial charge >= 0.3 is 0 Å². The summed E-state index contributed by atoms with van der Waals surface area (Å²) in [4.78, 5) is 0. The van der Waals surface area contributed by atoms with Gasteiger partial charge in [0.2, 0.25) is 0 Å². The summed E-state index contributed by atoms with van der Waals surface area (Å²) < 4.78 is 21.5. The third-order valence-corrected chi connectivity index (χ3v) is 3.91. The van der Waals surface area contributed by atoms with Gasteiger partial charge in [-0.05, 0) is 37.0 Å². The van der Waals surface area contributed by atoms with Gasteiger partial charge in [0, 0.05) is 18.0 Å². The summed E-state index contributed by atoms with van der Waals surface area (Å²) in [6.45, 7) is 0. The standard InChI is InChI=1S/C15H16FN3O2/c1-21-15-10-4-2-5-14(19-7-3-6-17-19)11(10)8-13(16)12(15)9-18-20/h3,6-9,14,20H,2,4-5H2,1H3. The van der Waals surface area contributed by atoms with E-state index in [-0.39, 0.29) is 11.6 Å². The van der Waals surface area contributed by atoms with Crippen LogP contribution in [0.15, 0.2) is 29.7 Å². The number of benzene rings is 1. The molecule has 0 aliphatic heterocycles. The Hall–Kier alpha value is -2.37. The van der Waals surface area contributed by atoms with Crippen LogP contribution in [0, 0.1) is 5.82 Å². The first kappa shape index (κ1) is 13.6. The van der Waals surface area contributed by atoms with Crippen LogP contribution in [0.2, 0.25) is 0 Å². The van der Waals surface area contributed by atoms with E-state index in [1.165, 1.54) is 13.2 Å². The zero-order valence-corrected chi connectivity index (χ0v) is 11.7. The lowest BCUT2D eigenvalue weighted by Crippen LogP contribution is -2.19. The molecule has 0 radical (unpaired) electrons. The molecule has 5 nitrogen and oxygen atoms in total. The maximum Gasteiger partial charge on any atom is 0.136 e. The van der Waals surface area contributed by atoms with Gasteiger partial charge in [-0.2, -0.15) is 5.10 Å². The summed E-state index contributed by atoms with van der Waals surface area (Å²) in [6.07, 6.45) is 7.36. The summed E-state index contributed by atoms with van der Waals surface area (Å²) in [5, 5.41) is 15.9. The quantitative estimate of drug-likeness (QED) is 0.537. The van der Waals surface area contributed by atoms with Gasteiger partial charge in [0.05, 0.1) is 24.9 Å². The zero-order chi connectivity index (χ0) is 14.8. The largest absolute Gasteiger partial charge is 0.496 e. The lowest BCUT2D eigenvalue weighted by Gasteiger charge is -2.28. The van der Waals surface area contributed by atoms with Gasteiger partial charge < -0.3 is 9.94 Å². The Morgan fingerprint density at radius 1 is 1.57 bits per heavy atom. The summed E-state index contributed by atoms with van der Waals surface area (Å²) >= 11 is 0. The van der Waals surface area contributed by atoms with Crippen LogP contribution < -0.4 is 4.74 Å². The SMILES string of the molecule is COc1c(C=NO)c(F)cc2c1CCCC2n1cccn1. The molecule has 0 amide bonds. The van der Waals surface area contributed by atoms with Gasteiger partial charge in [-0.15, -0.1) is 0 Å². The van der Waals surface area contributed by atoms with Gasteiger partial charge in [0.1, 0.15) is 11.6 Å². The minimum absolute atomic E-state index is 0.00673. The van der Waals surface area contributed by atoms with E-state index in [4.69, 9.17) is 9.94 Å². The molecule has 1 heterocycles. The summed E-state index contributed by atoms with van der Waals surface area (Å²) in [6, 6.07) is 3.36. The molecule has 3 rings (SSSR count). The molecule has 6 heteroatoms. The molecule has 1 atom stereocenters. The topological polar surface area (TPSA) is 59.6 Å². The maximum atomic E-state index is 14.3. The van der Waals surface area contributed by atoms with Crippen LogP contribution in [0.1, 0.15) is 35.6 Å². The normalized spacial score (nSPS) is 17.9. The van der Waals surface area contributed by atoms with Gasteiger partial charge in [-0.1, -0.05) is 5.16 Å². The molecule has 1 aromatic carbocycles. The molecule has 1 unspecified atom stereocenters. The molecule has 1 aromatic heterocycles. The first-order valence-corrected chi connectivity index (χ1v) is 6.82. The minimum Gasteiger partial charge on any atom is -0.496 e. The molecule has 1 aliphatic rings. The predicted molar refractivity (Wildman–Crippen MR) is 75.6 cm³/mol. The molecular formula is C15H16FN3O2. The molecule has 0 saturated carbocycles. The van der Waals surface area contributed by atoms with E-state index in [2.05, 4.69) is 10.3 Å². The van der Waals surface area contributed by atoms with Crippen LogP contribution in [0.5, 0.6) is 5.75 Å². The van der Waals surface area contributed by atoms with Crippen molar-refractivity contribution in [1.82, 2.24) is 9.78 Å². The second-order valence-corrected chi connectivity index (χ2v) is 5.01. The van der Waals surface area contributed by atoms with E-state index in [1.807, 2.05) is 16.9 Å². The van der Waals surface area contributed by atoms with Gasteiger partial charge in [-0.25, -0.2) is 4.39 Å². The minimum atomic E-state index is -0.456. The smallest absolute Gasteiger partial charge is 0.136 e. The van der Waals surface area contributed by atoms with E-state index in [1.54, 1.807) is 6.20 Å². The van der Waals surface area contributed by atoms with Gasteiger partial charge in [0.25, 0.3) is 0 Å². The molecule has 0 spiro atoms. The van der Waals surface area contributed by atoms with Crippen molar-refractivity contribution in [3.63, 3.8) is 0 Å². The number of aromatic nitrogens is 2. The number of nitrogens with zero attached hydrogens (tertiary/aromatic N) is 3. The number of oxime groups is 1. The molecule has 21 heavy (non-hydrogen) atoms. The fourth-order valence-corrected chi connectivity index (χ4v) is 3.04. The molecular weight excluding hydrogens is 273 g/mol. The van der Waals surface area contributed by atoms with Crippen molar-refractivity contribution in [3.05, 3.63) is 47.0 Å². The Kier molecular flexibility index (Phi) is 3.60. The highest BCUT2D eigenvalue weighted by atomic mass is 19.1. The van der Waals surface area contributed by atoms with Crippen molar-refractivity contribution in [1.29, 1.82) is 0 Å².